The number of hydrogen-bond donors (Lipinski definition) is 1. The lowest BCUT2D eigenvalue weighted by molar-refractivity contribution is -0.122. The Hall–Kier alpha value is -2.51. The molecule has 0 aliphatic rings. The van der Waals surface area contributed by atoms with Gasteiger partial charge in [0.2, 0.25) is 5.91 Å². The average Bonchev–Trinajstić information content (AvgIpc) is 3.12. The summed E-state index contributed by atoms with van der Waals surface area (Å²) in [4.78, 5) is 27.9. The maximum Gasteiger partial charge on any atom is 0.275 e. The van der Waals surface area contributed by atoms with E-state index in [1.54, 1.807) is 29.7 Å². The van der Waals surface area contributed by atoms with E-state index < -0.39 is 0 Å². The summed E-state index contributed by atoms with van der Waals surface area (Å²) in [6, 6.07) is 11.4. The largest absolute Gasteiger partial charge is 0.353 e. The molecular weight excluding hydrogens is 336 g/mol. The van der Waals surface area contributed by atoms with E-state index in [0.29, 0.717) is 11.9 Å². The van der Waals surface area contributed by atoms with Crippen molar-refractivity contribution in [3.05, 3.63) is 63.2 Å². The number of amides is 1. The molecule has 0 bridgehead atoms. The van der Waals surface area contributed by atoms with Crippen molar-refractivity contribution >= 4 is 28.0 Å². The van der Waals surface area contributed by atoms with Crippen LogP contribution >= 0.6 is 11.3 Å². The van der Waals surface area contributed by atoms with Gasteiger partial charge in [0.25, 0.3) is 5.56 Å². The van der Waals surface area contributed by atoms with Crippen LogP contribution in [0.25, 0.3) is 10.8 Å². The number of benzene rings is 1. The quantitative estimate of drug-likeness (QED) is 0.732. The van der Waals surface area contributed by atoms with Crippen molar-refractivity contribution in [2.45, 2.75) is 12.6 Å². The topological polar surface area (TPSA) is 67.2 Å². The molecule has 2 aromatic heterocycles. The van der Waals surface area contributed by atoms with Crippen LogP contribution in [0.4, 0.5) is 0 Å². The summed E-state index contributed by atoms with van der Waals surface area (Å²) in [6.07, 6.45) is 1.61. The third kappa shape index (κ3) is 3.94. The lowest BCUT2D eigenvalue weighted by Gasteiger charge is -2.23. The molecule has 1 unspecified atom stereocenters. The van der Waals surface area contributed by atoms with Gasteiger partial charge in [0.15, 0.2) is 0 Å². The van der Waals surface area contributed by atoms with Crippen LogP contribution in [0.3, 0.4) is 0 Å². The summed E-state index contributed by atoms with van der Waals surface area (Å²) in [5.41, 5.74) is -0.254. The minimum atomic E-state index is -0.254. The molecule has 6 nitrogen and oxygen atoms in total. The minimum Gasteiger partial charge on any atom is -0.353 e. The van der Waals surface area contributed by atoms with Gasteiger partial charge < -0.3 is 10.2 Å². The smallest absolute Gasteiger partial charge is 0.275 e. The Morgan fingerprint density at radius 1 is 1.28 bits per heavy atom. The first kappa shape index (κ1) is 17.3. The SMILES string of the molecule is CN(C)C(CNC(=O)Cn1ncc2ccccc2c1=O)c1cccs1. The molecule has 0 fully saturated rings. The fraction of sp³-hybridized carbons (Fsp3) is 0.278. The number of thiophene rings is 1. The van der Waals surface area contributed by atoms with E-state index >= 15 is 0 Å². The number of rotatable bonds is 6. The fourth-order valence-corrected chi connectivity index (χ4v) is 3.58. The van der Waals surface area contributed by atoms with Gasteiger partial charge in [-0.25, -0.2) is 4.68 Å². The van der Waals surface area contributed by atoms with Crippen molar-refractivity contribution in [1.82, 2.24) is 20.0 Å². The molecule has 1 N–H and O–H groups in total. The number of fused-ring (bicyclic) bond motifs is 1. The molecule has 130 valence electrons. The molecule has 7 heteroatoms. The highest BCUT2D eigenvalue weighted by Crippen LogP contribution is 2.22. The van der Waals surface area contributed by atoms with Gasteiger partial charge in [-0.3, -0.25) is 9.59 Å². The molecule has 0 aliphatic carbocycles. The van der Waals surface area contributed by atoms with E-state index in [-0.39, 0.29) is 24.1 Å². The molecule has 1 atom stereocenters. The molecule has 2 heterocycles. The zero-order valence-electron chi connectivity index (χ0n) is 14.2. The van der Waals surface area contributed by atoms with Crippen molar-refractivity contribution in [2.24, 2.45) is 0 Å². The van der Waals surface area contributed by atoms with E-state index in [9.17, 15) is 9.59 Å². The second-order valence-electron chi connectivity index (χ2n) is 5.99. The summed E-state index contributed by atoms with van der Waals surface area (Å²) in [7, 11) is 3.96. The van der Waals surface area contributed by atoms with E-state index in [1.165, 1.54) is 9.56 Å². The van der Waals surface area contributed by atoms with E-state index in [4.69, 9.17) is 0 Å². The first-order chi connectivity index (χ1) is 12.1. The summed E-state index contributed by atoms with van der Waals surface area (Å²) >= 11 is 1.66. The number of likely N-dealkylation sites (N-methyl/N-ethyl adjacent to an activating group) is 1. The Balaban J connectivity index is 1.68. The Bertz CT molecular complexity index is 918. The standard InChI is InChI=1S/C18H20N4O2S/c1-21(2)15(16-8-5-9-25-16)11-19-17(23)12-22-18(24)14-7-4-3-6-13(14)10-20-22/h3-10,15H,11-12H2,1-2H3,(H,19,23). The van der Waals surface area contributed by atoms with Crippen LogP contribution in [0.15, 0.2) is 52.8 Å². The summed E-state index contributed by atoms with van der Waals surface area (Å²) in [5, 5.41) is 10.4. The Morgan fingerprint density at radius 3 is 2.80 bits per heavy atom. The van der Waals surface area contributed by atoms with Gasteiger partial charge in [-0.2, -0.15) is 5.10 Å². The second-order valence-corrected chi connectivity index (χ2v) is 6.97. The van der Waals surface area contributed by atoms with Crippen LogP contribution in [-0.4, -0.2) is 41.2 Å². The number of carbonyl (C=O) groups excluding carboxylic acids is 1. The maximum atomic E-state index is 12.4. The summed E-state index contributed by atoms with van der Waals surface area (Å²) in [6.45, 7) is 0.392. The highest BCUT2D eigenvalue weighted by atomic mass is 32.1. The monoisotopic (exact) mass is 356 g/mol. The third-order valence-electron chi connectivity index (χ3n) is 4.04. The van der Waals surface area contributed by atoms with E-state index in [2.05, 4.69) is 21.4 Å². The van der Waals surface area contributed by atoms with Crippen LogP contribution in [0.5, 0.6) is 0 Å². The maximum absolute atomic E-state index is 12.4. The molecular formula is C18H20N4O2S. The van der Waals surface area contributed by atoms with Crippen LogP contribution in [-0.2, 0) is 11.3 Å². The van der Waals surface area contributed by atoms with Gasteiger partial charge in [0.05, 0.1) is 17.6 Å². The fourth-order valence-electron chi connectivity index (χ4n) is 2.66. The number of nitrogens with zero attached hydrogens (tertiary/aromatic N) is 3. The van der Waals surface area contributed by atoms with Crippen LogP contribution in [0.2, 0.25) is 0 Å². The normalized spacial score (nSPS) is 12.4. The molecule has 25 heavy (non-hydrogen) atoms. The Kier molecular flexibility index (Phi) is 5.25. The molecule has 0 radical (unpaired) electrons. The molecule has 1 amide bonds. The van der Waals surface area contributed by atoms with Gasteiger partial charge in [-0.15, -0.1) is 11.3 Å². The van der Waals surface area contributed by atoms with E-state index in [0.717, 1.165) is 5.39 Å². The number of hydrogen-bond acceptors (Lipinski definition) is 5. The number of carbonyl (C=O) groups is 1. The first-order valence-electron chi connectivity index (χ1n) is 7.97. The van der Waals surface area contributed by atoms with Gasteiger partial charge >= 0.3 is 0 Å². The molecule has 3 rings (SSSR count). The van der Waals surface area contributed by atoms with Gasteiger partial charge in [-0.05, 0) is 31.6 Å². The van der Waals surface area contributed by atoms with Crippen molar-refractivity contribution in [3.8, 4) is 0 Å². The van der Waals surface area contributed by atoms with Crippen molar-refractivity contribution < 1.29 is 4.79 Å². The van der Waals surface area contributed by atoms with Gasteiger partial charge in [0, 0.05) is 16.8 Å². The van der Waals surface area contributed by atoms with Gasteiger partial charge in [-0.1, -0.05) is 24.3 Å². The minimum absolute atomic E-state index is 0.0890. The van der Waals surface area contributed by atoms with Crippen molar-refractivity contribution in [3.63, 3.8) is 0 Å². The summed E-state index contributed by atoms with van der Waals surface area (Å²) in [5.74, 6) is -0.228. The average molecular weight is 356 g/mol. The van der Waals surface area contributed by atoms with E-state index in [1.807, 2.05) is 37.7 Å². The molecule has 0 aliphatic heterocycles. The third-order valence-corrected chi connectivity index (χ3v) is 5.02. The lowest BCUT2D eigenvalue weighted by atomic mass is 10.2. The molecule has 0 saturated heterocycles. The molecule has 0 spiro atoms. The highest BCUT2D eigenvalue weighted by molar-refractivity contribution is 7.10. The zero-order valence-corrected chi connectivity index (χ0v) is 15.0. The number of aromatic nitrogens is 2. The van der Waals surface area contributed by atoms with Crippen LogP contribution < -0.4 is 10.9 Å². The predicted molar refractivity (Wildman–Crippen MR) is 99.8 cm³/mol. The molecule has 3 aromatic rings. The lowest BCUT2D eigenvalue weighted by Crippen LogP contribution is -2.38. The van der Waals surface area contributed by atoms with Crippen LogP contribution in [0.1, 0.15) is 10.9 Å². The Morgan fingerprint density at radius 2 is 2.08 bits per heavy atom. The molecule has 1 aromatic carbocycles. The number of nitrogens with one attached hydrogen (secondary N) is 1. The van der Waals surface area contributed by atoms with Crippen molar-refractivity contribution in [1.29, 1.82) is 0 Å². The zero-order chi connectivity index (χ0) is 17.8. The predicted octanol–water partition coefficient (Wildman–Crippen LogP) is 1.88. The first-order valence-corrected chi connectivity index (χ1v) is 8.85. The van der Waals surface area contributed by atoms with Crippen LogP contribution in [0, 0.1) is 0 Å². The second kappa shape index (κ2) is 7.58. The van der Waals surface area contributed by atoms with Crippen molar-refractivity contribution in [2.75, 3.05) is 20.6 Å². The van der Waals surface area contributed by atoms with Gasteiger partial charge in [0.1, 0.15) is 6.54 Å². The highest BCUT2D eigenvalue weighted by Gasteiger charge is 2.16. The Labute approximate surface area is 149 Å². The molecule has 0 saturated carbocycles. The summed E-state index contributed by atoms with van der Waals surface area (Å²) < 4.78 is 1.20.